The molecule has 0 radical (unpaired) electrons. The van der Waals surface area contributed by atoms with Crippen LogP contribution < -0.4 is 0 Å². The normalized spacial score (nSPS) is 10.2. The minimum absolute atomic E-state index is 0.169. The molecule has 0 saturated heterocycles. The summed E-state index contributed by atoms with van der Waals surface area (Å²) >= 11 is 3.56. The van der Waals surface area contributed by atoms with Crippen LogP contribution in [0.2, 0.25) is 0 Å². The first-order chi connectivity index (χ1) is 9.06. The highest BCUT2D eigenvalue weighted by atomic mass is 127. The molecule has 1 aromatic carbocycles. The van der Waals surface area contributed by atoms with Crippen LogP contribution in [0.15, 0.2) is 36.4 Å². The van der Waals surface area contributed by atoms with E-state index in [1.807, 2.05) is 25.1 Å². The lowest BCUT2D eigenvalue weighted by Crippen LogP contribution is -2.13. The molecule has 2 aromatic rings. The standard InChI is InChI=1S/C14H11IO3S/c1-9-2-7-13(19-9)12(16)8-18-14(17)10-3-5-11(15)6-4-10/h2-7H,8H2,1H3. The maximum absolute atomic E-state index is 11.8. The predicted octanol–water partition coefficient (Wildman–Crippen LogP) is 3.70. The summed E-state index contributed by atoms with van der Waals surface area (Å²) in [6, 6.07) is 10.6. The zero-order valence-corrected chi connectivity index (χ0v) is 13.2. The van der Waals surface area contributed by atoms with Crippen LogP contribution >= 0.6 is 33.9 Å². The van der Waals surface area contributed by atoms with Crippen LogP contribution in [0.4, 0.5) is 0 Å². The molecule has 0 aliphatic rings. The van der Waals surface area contributed by atoms with Gasteiger partial charge in [0.2, 0.25) is 5.78 Å². The van der Waals surface area contributed by atoms with Gasteiger partial charge >= 0.3 is 5.97 Å². The molecular formula is C14H11IO3S. The van der Waals surface area contributed by atoms with E-state index in [0.717, 1.165) is 8.45 Å². The van der Waals surface area contributed by atoms with Gasteiger partial charge in [0.05, 0.1) is 10.4 Å². The number of benzene rings is 1. The predicted molar refractivity (Wildman–Crippen MR) is 82.8 cm³/mol. The van der Waals surface area contributed by atoms with E-state index in [9.17, 15) is 9.59 Å². The highest BCUT2D eigenvalue weighted by Crippen LogP contribution is 2.16. The number of thiophene rings is 1. The van der Waals surface area contributed by atoms with Crippen molar-refractivity contribution in [3.05, 3.63) is 55.3 Å². The second-order valence-corrected chi connectivity index (χ2v) is 6.45. The van der Waals surface area contributed by atoms with Crippen LogP contribution in [-0.2, 0) is 4.74 Å². The van der Waals surface area contributed by atoms with Crippen LogP contribution in [0.25, 0.3) is 0 Å². The topological polar surface area (TPSA) is 43.4 Å². The third-order valence-corrected chi connectivity index (χ3v) is 4.19. The van der Waals surface area contributed by atoms with Gasteiger partial charge in [0, 0.05) is 8.45 Å². The van der Waals surface area contributed by atoms with Crippen molar-refractivity contribution in [1.29, 1.82) is 0 Å². The maximum atomic E-state index is 11.8. The van der Waals surface area contributed by atoms with E-state index in [0.29, 0.717) is 10.4 Å². The summed E-state index contributed by atoms with van der Waals surface area (Å²) in [7, 11) is 0. The van der Waals surface area contributed by atoms with Gasteiger partial charge in [0.25, 0.3) is 0 Å². The van der Waals surface area contributed by atoms with Crippen molar-refractivity contribution >= 4 is 45.7 Å². The second kappa shape index (κ2) is 6.29. The Hall–Kier alpha value is -1.21. The van der Waals surface area contributed by atoms with Gasteiger partial charge in [-0.1, -0.05) is 0 Å². The van der Waals surface area contributed by atoms with E-state index in [-0.39, 0.29) is 12.4 Å². The van der Waals surface area contributed by atoms with Gasteiger partial charge in [-0.15, -0.1) is 11.3 Å². The lowest BCUT2D eigenvalue weighted by molar-refractivity contribution is 0.0476. The highest BCUT2D eigenvalue weighted by Gasteiger charge is 2.12. The van der Waals surface area contributed by atoms with Crippen molar-refractivity contribution in [3.63, 3.8) is 0 Å². The molecule has 0 saturated carbocycles. The number of hydrogen-bond acceptors (Lipinski definition) is 4. The van der Waals surface area contributed by atoms with Crippen molar-refractivity contribution in [2.75, 3.05) is 6.61 Å². The number of esters is 1. The van der Waals surface area contributed by atoms with Crippen LogP contribution in [0, 0.1) is 10.5 Å². The van der Waals surface area contributed by atoms with Crippen molar-refractivity contribution < 1.29 is 14.3 Å². The van der Waals surface area contributed by atoms with E-state index in [2.05, 4.69) is 22.6 Å². The fraction of sp³-hybridized carbons (Fsp3) is 0.143. The molecule has 1 aromatic heterocycles. The monoisotopic (exact) mass is 386 g/mol. The number of carbonyl (C=O) groups is 2. The summed E-state index contributed by atoms with van der Waals surface area (Å²) in [6.07, 6.45) is 0. The maximum Gasteiger partial charge on any atom is 0.338 e. The van der Waals surface area contributed by atoms with Crippen LogP contribution in [0.3, 0.4) is 0 Å². The van der Waals surface area contributed by atoms with Crippen molar-refractivity contribution in [2.45, 2.75) is 6.92 Å². The zero-order valence-electron chi connectivity index (χ0n) is 10.2. The molecule has 0 bridgehead atoms. The average Bonchev–Trinajstić information content (AvgIpc) is 2.83. The summed E-state index contributed by atoms with van der Waals surface area (Å²) in [5, 5.41) is 0. The molecule has 0 spiro atoms. The van der Waals surface area contributed by atoms with Crippen molar-refractivity contribution in [3.8, 4) is 0 Å². The SMILES string of the molecule is Cc1ccc(C(=O)COC(=O)c2ccc(I)cc2)s1. The summed E-state index contributed by atoms with van der Waals surface area (Å²) in [5.74, 6) is -0.644. The van der Waals surface area contributed by atoms with E-state index in [1.54, 1.807) is 18.2 Å². The third kappa shape index (κ3) is 3.87. The summed E-state index contributed by atoms with van der Waals surface area (Å²) < 4.78 is 6.05. The number of Topliss-reactive ketones (excluding diaryl/α,β-unsaturated/α-hetero) is 1. The minimum atomic E-state index is -0.474. The van der Waals surface area contributed by atoms with E-state index >= 15 is 0 Å². The summed E-state index contributed by atoms with van der Waals surface area (Å²) in [5.41, 5.74) is 0.454. The lowest BCUT2D eigenvalue weighted by Gasteiger charge is -2.03. The van der Waals surface area contributed by atoms with Gasteiger partial charge in [0.1, 0.15) is 0 Å². The first-order valence-electron chi connectivity index (χ1n) is 5.58. The number of ether oxygens (including phenoxy) is 1. The first-order valence-corrected chi connectivity index (χ1v) is 7.48. The molecule has 0 unspecified atom stereocenters. The fourth-order valence-corrected chi connectivity index (χ4v) is 2.61. The van der Waals surface area contributed by atoms with Gasteiger partial charge in [-0.05, 0) is 65.9 Å². The minimum Gasteiger partial charge on any atom is -0.454 e. The Morgan fingerprint density at radius 2 is 1.84 bits per heavy atom. The molecule has 0 N–H and O–H groups in total. The number of aryl methyl sites for hydroxylation is 1. The molecule has 3 nitrogen and oxygen atoms in total. The Labute approximate surface area is 128 Å². The molecule has 5 heteroatoms. The number of carbonyl (C=O) groups excluding carboxylic acids is 2. The number of halogens is 1. The van der Waals surface area contributed by atoms with Gasteiger partial charge in [-0.3, -0.25) is 4.79 Å². The lowest BCUT2D eigenvalue weighted by atomic mass is 10.2. The molecular weight excluding hydrogens is 375 g/mol. The first kappa shape index (κ1) is 14.2. The Balaban J connectivity index is 1.93. The van der Waals surface area contributed by atoms with Crippen molar-refractivity contribution in [2.24, 2.45) is 0 Å². The van der Waals surface area contributed by atoms with Gasteiger partial charge in [0.15, 0.2) is 6.61 Å². The van der Waals surface area contributed by atoms with E-state index in [4.69, 9.17) is 4.74 Å². The third-order valence-electron chi connectivity index (χ3n) is 2.43. The zero-order chi connectivity index (χ0) is 13.8. The van der Waals surface area contributed by atoms with E-state index < -0.39 is 5.97 Å². The highest BCUT2D eigenvalue weighted by molar-refractivity contribution is 14.1. The molecule has 0 amide bonds. The smallest absolute Gasteiger partial charge is 0.338 e. The van der Waals surface area contributed by atoms with Crippen LogP contribution in [0.5, 0.6) is 0 Å². The van der Waals surface area contributed by atoms with Crippen molar-refractivity contribution in [1.82, 2.24) is 0 Å². The average molecular weight is 386 g/mol. The molecule has 0 fully saturated rings. The van der Waals surface area contributed by atoms with Gasteiger partial charge in [-0.25, -0.2) is 4.79 Å². The largest absolute Gasteiger partial charge is 0.454 e. The molecule has 0 atom stereocenters. The Morgan fingerprint density at radius 3 is 2.42 bits per heavy atom. The summed E-state index contributed by atoms with van der Waals surface area (Å²) in [6.45, 7) is 1.71. The fourth-order valence-electron chi connectivity index (χ4n) is 1.46. The number of hydrogen-bond donors (Lipinski definition) is 0. The van der Waals surface area contributed by atoms with Gasteiger partial charge < -0.3 is 4.74 Å². The summed E-state index contributed by atoms with van der Waals surface area (Å²) in [4.78, 5) is 25.2. The Bertz CT molecular complexity index is 601. The van der Waals surface area contributed by atoms with Crippen LogP contribution in [0.1, 0.15) is 24.9 Å². The Kier molecular flexibility index (Phi) is 4.71. The molecule has 0 aliphatic heterocycles. The number of ketones is 1. The Morgan fingerprint density at radius 1 is 1.16 bits per heavy atom. The molecule has 19 heavy (non-hydrogen) atoms. The quantitative estimate of drug-likeness (QED) is 0.457. The second-order valence-electron chi connectivity index (χ2n) is 3.92. The number of rotatable bonds is 4. The van der Waals surface area contributed by atoms with E-state index in [1.165, 1.54) is 11.3 Å². The van der Waals surface area contributed by atoms with Crippen LogP contribution in [-0.4, -0.2) is 18.4 Å². The van der Waals surface area contributed by atoms with Gasteiger partial charge in [-0.2, -0.15) is 0 Å². The molecule has 2 rings (SSSR count). The molecule has 0 aliphatic carbocycles. The molecule has 1 heterocycles. The molecule has 98 valence electrons.